The lowest BCUT2D eigenvalue weighted by Gasteiger charge is -2.39. The lowest BCUT2D eigenvalue weighted by atomic mass is 9.77. The highest BCUT2D eigenvalue weighted by Crippen LogP contribution is 2.31. The highest BCUT2D eigenvalue weighted by molar-refractivity contribution is 9.10. The van der Waals surface area contributed by atoms with Gasteiger partial charge in [-0.1, -0.05) is 19.8 Å². The maximum atomic E-state index is 6.56. The molecule has 1 saturated carbocycles. The zero-order valence-corrected chi connectivity index (χ0v) is 13.7. The molecule has 0 spiro atoms. The minimum Gasteiger partial charge on any atom is -0.324 e. The molecule has 18 heavy (non-hydrogen) atoms. The van der Waals surface area contributed by atoms with E-state index in [0.717, 1.165) is 19.0 Å². The number of hydrogen-bond donors (Lipinski definition) is 1. The third kappa shape index (κ3) is 4.05. The van der Waals surface area contributed by atoms with Crippen molar-refractivity contribution in [3.05, 3.63) is 20.8 Å². The van der Waals surface area contributed by atoms with Crippen LogP contribution in [-0.2, 0) is 6.54 Å². The van der Waals surface area contributed by atoms with Gasteiger partial charge in [0.2, 0.25) is 0 Å². The van der Waals surface area contributed by atoms with Gasteiger partial charge >= 0.3 is 0 Å². The molecule has 1 heterocycles. The van der Waals surface area contributed by atoms with Gasteiger partial charge in [-0.25, -0.2) is 0 Å². The molecule has 1 aliphatic rings. The van der Waals surface area contributed by atoms with Gasteiger partial charge in [0.05, 0.1) is 0 Å². The van der Waals surface area contributed by atoms with Gasteiger partial charge < -0.3 is 5.73 Å². The summed E-state index contributed by atoms with van der Waals surface area (Å²) in [6.45, 7) is 4.34. The molecule has 0 aliphatic heterocycles. The Labute approximate surface area is 123 Å². The first-order valence-electron chi connectivity index (χ1n) is 6.67. The Morgan fingerprint density at radius 1 is 1.61 bits per heavy atom. The van der Waals surface area contributed by atoms with E-state index < -0.39 is 0 Å². The van der Waals surface area contributed by atoms with Crippen molar-refractivity contribution >= 4 is 27.3 Å². The van der Waals surface area contributed by atoms with E-state index in [4.69, 9.17) is 5.73 Å². The number of thiophene rings is 1. The Bertz CT molecular complexity index is 393. The molecule has 1 aliphatic carbocycles. The normalized spacial score (nSPS) is 28.8. The molecule has 1 aromatic heterocycles. The summed E-state index contributed by atoms with van der Waals surface area (Å²) in [5.74, 6) is 0.785. The first kappa shape index (κ1) is 14.5. The van der Waals surface area contributed by atoms with E-state index in [9.17, 15) is 0 Å². The molecule has 4 heteroatoms. The fourth-order valence-corrected chi connectivity index (χ4v) is 4.67. The quantitative estimate of drug-likeness (QED) is 0.908. The smallest absolute Gasteiger partial charge is 0.0326 e. The van der Waals surface area contributed by atoms with Crippen molar-refractivity contribution in [1.29, 1.82) is 0 Å². The first-order chi connectivity index (χ1) is 8.47. The maximum absolute atomic E-state index is 6.56. The van der Waals surface area contributed by atoms with Crippen molar-refractivity contribution in [3.63, 3.8) is 0 Å². The van der Waals surface area contributed by atoms with Crippen LogP contribution in [0.1, 0.15) is 37.5 Å². The molecule has 2 atom stereocenters. The summed E-state index contributed by atoms with van der Waals surface area (Å²) in [4.78, 5) is 3.77. The van der Waals surface area contributed by atoms with Crippen LogP contribution >= 0.6 is 27.3 Å². The van der Waals surface area contributed by atoms with Crippen molar-refractivity contribution in [3.8, 4) is 0 Å². The van der Waals surface area contributed by atoms with E-state index >= 15 is 0 Å². The SMILES string of the molecule is CC1CCCC(N)(CN(C)Cc2cc(Br)cs2)C1. The van der Waals surface area contributed by atoms with Crippen LogP contribution in [0.15, 0.2) is 15.9 Å². The van der Waals surface area contributed by atoms with E-state index in [2.05, 4.69) is 46.2 Å². The predicted octanol–water partition coefficient (Wildman–Crippen LogP) is 3.85. The number of nitrogens with two attached hydrogens (primary N) is 1. The van der Waals surface area contributed by atoms with Gasteiger partial charge in [-0.05, 0) is 47.8 Å². The molecule has 2 N–H and O–H groups in total. The van der Waals surface area contributed by atoms with Crippen LogP contribution < -0.4 is 5.73 Å². The van der Waals surface area contributed by atoms with Crippen LogP contribution in [0.2, 0.25) is 0 Å². The zero-order valence-electron chi connectivity index (χ0n) is 11.3. The summed E-state index contributed by atoms with van der Waals surface area (Å²) in [5.41, 5.74) is 6.59. The minimum atomic E-state index is 0.0287. The van der Waals surface area contributed by atoms with Crippen LogP contribution in [0.4, 0.5) is 0 Å². The van der Waals surface area contributed by atoms with Crippen LogP contribution in [0.5, 0.6) is 0 Å². The standard InChI is InChI=1S/C14H23BrN2S/c1-11-4-3-5-14(16,7-11)10-17(2)8-13-6-12(15)9-18-13/h6,9,11H,3-5,7-8,10,16H2,1-2H3. The van der Waals surface area contributed by atoms with Gasteiger partial charge in [0.15, 0.2) is 0 Å². The predicted molar refractivity (Wildman–Crippen MR) is 82.9 cm³/mol. The molecule has 2 unspecified atom stereocenters. The fraction of sp³-hybridized carbons (Fsp3) is 0.714. The molecule has 0 amide bonds. The first-order valence-corrected chi connectivity index (χ1v) is 8.34. The second kappa shape index (κ2) is 6.04. The summed E-state index contributed by atoms with van der Waals surface area (Å²) in [6, 6.07) is 2.20. The molecule has 102 valence electrons. The van der Waals surface area contributed by atoms with Gasteiger partial charge in [-0.2, -0.15) is 0 Å². The molecule has 2 rings (SSSR count). The van der Waals surface area contributed by atoms with Crippen molar-refractivity contribution < 1.29 is 0 Å². The third-order valence-corrected chi connectivity index (χ3v) is 5.44. The Morgan fingerprint density at radius 2 is 2.39 bits per heavy atom. The maximum Gasteiger partial charge on any atom is 0.0326 e. The van der Waals surface area contributed by atoms with Gasteiger partial charge in [-0.15, -0.1) is 11.3 Å². The molecule has 0 aromatic carbocycles. The molecule has 2 nitrogen and oxygen atoms in total. The van der Waals surface area contributed by atoms with Gasteiger partial charge in [-0.3, -0.25) is 4.90 Å². The van der Waals surface area contributed by atoms with Crippen LogP contribution in [0, 0.1) is 5.92 Å². The Hall–Kier alpha value is 0.1000. The lowest BCUT2D eigenvalue weighted by Crippen LogP contribution is -2.51. The van der Waals surface area contributed by atoms with Crippen molar-refractivity contribution in [2.24, 2.45) is 11.7 Å². The number of halogens is 1. The highest BCUT2D eigenvalue weighted by Gasteiger charge is 2.31. The molecular formula is C14H23BrN2S. The van der Waals surface area contributed by atoms with E-state index in [1.54, 1.807) is 0 Å². The second-order valence-corrected chi connectivity index (χ2v) is 7.88. The molecule has 0 bridgehead atoms. The molecular weight excluding hydrogens is 308 g/mol. The molecule has 0 saturated heterocycles. The summed E-state index contributed by atoms with van der Waals surface area (Å²) in [5, 5.41) is 2.14. The average Bonchev–Trinajstić information content (AvgIpc) is 2.62. The summed E-state index contributed by atoms with van der Waals surface area (Å²) in [7, 11) is 2.18. The van der Waals surface area contributed by atoms with Gasteiger partial charge in [0.1, 0.15) is 0 Å². The van der Waals surface area contributed by atoms with Crippen molar-refractivity contribution in [2.45, 2.75) is 44.7 Å². The molecule has 1 fully saturated rings. The summed E-state index contributed by atoms with van der Waals surface area (Å²) < 4.78 is 1.18. The molecule has 0 radical (unpaired) electrons. The van der Waals surface area contributed by atoms with E-state index in [0.29, 0.717) is 0 Å². The monoisotopic (exact) mass is 330 g/mol. The van der Waals surface area contributed by atoms with E-state index in [-0.39, 0.29) is 5.54 Å². The third-order valence-electron chi connectivity index (χ3n) is 3.76. The van der Waals surface area contributed by atoms with Crippen LogP contribution in [0.3, 0.4) is 0 Å². The summed E-state index contributed by atoms with van der Waals surface area (Å²) in [6.07, 6.45) is 4.98. The van der Waals surface area contributed by atoms with E-state index in [1.165, 1.54) is 35.0 Å². The topological polar surface area (TPSA) is 29.3 Å². The Morgan fingerprint density at radius 3 is 3.00 bits per heavy atom. The zero-order chi connectivity index (χ0) is 13.2. The second-order valence-electron chi connectivity index (χ2n) is 5.97. The number of hydrogen-bond acceptors (Lipinski definition) is 3. The minimum absolute atomic E-state index is 0.0287. The molecule has 1 aromatic rings. The van der Waals surface area contributed by atoms with Crippen molar-refractivity contribution in [1.82, 2.24) is 4.90 Å². The summed E-state index contributed by atoms with van der Waals surface area (Å²) >= 11 is 5.32. The highest BCUT2D eigenvalue weighted by atomic mass is 79.9. The number of nitrogens with zero attached hydrogens (tertiary/aromatic N) is 1. The average molecular weight is 331 g/mol. The van der Waals surface area contributed by atoms with Crippen molar-refractivity contribution in [2.75, 3.05) is 13.6 Å². The van der Waals surface area contributed by atoms with Gasteiger partial charge in [0.25, 0.3) is 0 Å². The lowest BCUT2D eigenvalue weighted by molar-refractivity contribution is 0.166. The Kier molecular flexibility index (Phi) is 4.86. The van der Waals surface area contributed by atoms with Crippen LogP contribution in [-0.4, -0.2) is 24.0 Å². The largest absolute Gasteiger partial charge is 0.324 e. The fourth-order valence-electron chi connectivity index (χ4n) is 3.14. The van der Waals surface area contributed by atoms with Crippen LogP contribution in [0.25, 0.3) is 0 Å². The number of likely N-dealkylation sites (N-methyl/N-ethyl adjacent to an activating group) is 1. The van der Waals surface area contributed by atoms with Gasteiger partial charge in [0, 0.05) is 33.4 Å². The Balaban J connectivity index is 1.88. The number of rotatable bonds is 4. The van der Waals surface area contributed by atoms with E-state index in [1.807, 2.05) is 11.3 Å².